The van der Waals surface area contributed by atoms with Crippen molar-refractivity contribution in [2.24, 2.45) is 0 Å². The van der Waals surface area contributed by atoms with E-state index in [0.29, 0.717) is 36.1 Å². The molecule has 0 aromatic carbocycles. The topological polar surface area (TPSA) is 91.9 Å². The Hall–Kier alpha value is -2.73. The van der Waals surface area contributed by atoms with Crippen LogP contribution in [0.25, 0.3) is 0 Å². The molecule has 1 fully saturated rings. The van der Waals surface area contributed by atoms with Crippen LogP contribution in [0, 0.1) is 18.3 Å². The highest BCUT2D eigenvalue weighted by Gasteiger charge is 2.34. The molecule has 0 bridgehead atoms. The molecule has 9 heteroatoms. The number of hydrogen-bond donors (Lipinski definition) is 1. The summed E-state index contributed by atoms with van der Waals surface area (Å²) in [4.78, 5) is 10.6. The van der Waals surface area contributed by atoms with Gasteiger partial charge in [-0.2, -0.15) is 15.3 Å². The van der Waals surface area contributed by atoms with E-state index in [0.717, 1.165) is 13.1 Å². The second-order valence-electron chi connectivity index (χ2n) is 7.83. The van der Waals surface area contributed by atoms with Gasteiger partial charge in [0.2, 0.25) is 11.8 Å². The number of hydrogen-bond acceptors (Lipinski definition) is 7. The maximum atomic E-state index is 14.8. The highest BCUT2D eigenvalue weighted by Crippen LogP contribution is 2.27. The Balaban J connectivity index is 1.67. The van der Waals surface area contributed by atoms with Gasteiger partial charge in [0.25, 0.3) is 0 Å². The Morgan fingerprint density at radius 3 is 2.79 bits per heavy atom. The lowest BCUT2D eigenvalue weighted by atomic mass is 9.95. The van der Waals surface area contributed by atoms with Crippen LogP contribution in [-0.2, 0) is 5.54 Å². The fraction of sp³-hybridized carbons (Fsp3) is 0.579. The van der Waals surface area contributed by atoms with E-state index in [1.165, 1.54) is 0 Å². The van der Waals surface area contributed by atoms with E-state index in [2.05, 4.69) is 31.4 Å². The molecule has 3 heterocycles. The molecule has 2 aromatic heterocycles. The molecule has 0 amide bonds. The quantitative estimate of drug-likeness (QED) is 0.815. The van der Waals surface area contributed by atoms with Gasteiger partial charge in [-0.1, -0.05) is 0 Å². The molecule has 0 atom stereocenters. The van der Waals surface area contributed by atoms with E-state index >= 15 is 0 Å². The number of alkyl halides is 1. The van der Waals surface area contributed by atoms with Crippen molar-refractivity contribution >= 4 is 11.6 Å². The molecular weight excluding hydrogens is 361 g/mol. The third-order valence-electron chi connectivity index (χ3n) is 4.98. The van der Waals surface area contributed by atoms with Gasteiger partial charge >= 0.3 is 0 Å². The van der Waals surface area contributed by atoms with Crippen molar-refractivity contribution in [1.82, 2.24) is 24.6 Å². The number of likely N-dealkylation sites (tertiary alicyclic amines) is 1. The molecule has 1 saturated heterocycles. The molecule has 1 aliphatic heterocycles. The van der Waals surface area contributed by atoms with Crippen LogP contribution in [0.4, 0.5) is 16.0 Å². The molecular formula is C19H26FN7O. The third-order valence-corrected chi connectivity index (χ3v) is 4.98. The van der Waals surface area contributed by atoms with Crippen molar-refractivity contribution in [2.75, 3.05) is 32.1 Å². The predicted molar refractivity (Wildman–Crippen MR) is 103 cm³/mol. The van der Waals surface area contributed by atoms with Crippen LogP contribution < -0.4 is 10.1 Å². The molecule has 0 radical (unpaired) electrons. The number of piperidine rings is 1. The van der Waals surface area contributed by atoms with Gasteiger partial charge in [0.15, 0.2) is 0 Å². The van der Waals surface area contributed by atoms with Gasteiger partial charge < -0.3 is 15.0 Å². The number of ether oxygens (including phenoxy) is 1. The van der Waals surface area contributed by atoms with Gasteiger partial charge in [0, 0.05) is 25.4 Å². The van der Waals surface area contributed by atoms with Crippen LogP contribution in [0.1, 0.15) is 32.4 Å². The minimum atomic E-state index is -1.33. The summed E-state index contributed by atoms with van der Waals surface area (Å²) in [5, 5.41) is 16.7. The molecule has 8 nitrogen and oxygen atoms in total. The van der Waals surface area contributed by atoms with Crippen molar-refractivity contribution in [3.05, 3.63) is 24.2 Å². The lowest BCUT2D eigenvalue weighted by Gasteiger charge is -2.33. The van der Waals surface area contributed by atoms with Gasteiger partial charge in [-0.3, -0.25) is 4.68 Å². The van der Waals surface area contributed by atoms with Gasteiger partial charge in [0.1, 0.15) is 17.8 Å². The second kappa shape index (κ2) is 7.72. The van der Waals surface area contributed by atoms with Crippen LogP contribution in [-0.4, -0.2) is 57.1 Å². The Morgan fingerprint density at radius 2 is 2.11 bits per heavy atom. The third kappa shape index (κ3) is 4.57. The Bertz CT molecular complexity index is 865. The summed E-state index contributed by atoms with van der Waals surface area (Å²) in [5.41, 5.74) is -0.684. The summed E-state index contributed by atoms with van der Waals surface area (Å²) < 4.78 is 22.0. The number of anilines is 2. The summed E-state index contributed by atoms with van der Waals surface area (Å²) in [7, 11) is 1.99. The average molecular weight is 387 g/mol. The normalized spacial score (nSPS) is 17.1. The van der Waals surface area contributed by atoms with Crippen molar-refractivity contribution in [3.63, 3.8) is 0 Å². The first-order valence-electron chi connectivity index (χ1n) is 9.29. The molecule has 150 valence electrons. The Morgan fingerprint density at radius 1 is 1.39 bits per heavy atom. The van der Waals surface area contributed by atoms with E-state index in [1.54, 1.807) is 37.0 Å². The van der Waals surface area contributed by atoms with Crippen molar-refractivity contribution in [2.45, 2.75) is 44.8 Å². The number of rotatable bonds is 6. The standard InChI is InChI=1S/C19H26FN7O/c1-14-15(11-27(25-14)18(2,3)12-21)23-17-22-8-5-16(24-17)28-13-19(20)6-9-26(4)10-7-19/h5,8,11H,6-7,9-10,13H2,1-4H3,(H,22,23,24). The summed E-state index contributed by atoms with van der Waals surface area (Å²) >= 11 is 0. The predicted octanol–water partition coefficient (Wildman–Crippen LogP) is 2.80. The molecule has 3 rings (SSSR count). The van der Waals surface area contributed by atoms with Gasteiger partial charge in [-0.05, 0) is 40.7 Å². The van der Waals surface area contributed by atoms with E-state index in [-0.39, 0.29) is 6.61 Å². The first-order valence-corrected chi connectivity index (χ1v) is 9.29. The zero-order valence-electron chi connectivity index (χ0n) is 16.7. The van der Waals surface area contributed by atoms with Crippen LogP contribution in [0.5, 0.6) is 5.88 Å². The Labute approximate surface area is 164 Å². The van der Waals surface area contributed by atoms with Crippen molar-refractivity contribution in [3.8, 4) is 11.9 Å². The number of nitrogens with one attached hydrogen (secondary N) is 1. The van der Waals surface area contributed by atoms with Crippen LogP contribution in [0.15, 0.2) is 18.5 Å². The summed E-state index contributed by atoms with van der Waals surface area (Å²) in [6.45, 7) is 6.82. The molecule has 0 saturated carbocycles. The van der Waals surface area contributed by atoms with Gasteiger partial charge in [-0.25, -0.2) is 9.37 Å². The van der Waals surface area contributed by atoms with E-state index < -0.39 is 11.2 Å². The summed E-state index contributed by atoms with van der Waals surface area (Å²) in [6.07, 6.45) is 4.20. The van der Waals surface area contributed by atoms with E-state index in [9.17, 15) is 9.65 Å². The monoisotopic (exact) mass is 387 g/mol. The molecule has 0 spiro atoms. The minimum absolute atomic E-state index is 0.0232. The number of aromatic nitrogens is 4. The molecule has 28 heavy (non-hydrogen) atoms. The number of halogens is 1. The highest BCUT2D eigenvalue weighted by atomic mass is 19.1. The maximum absolute atomic E-state index is 14.8. The molecule has 1 N–H and O–H groups in total. The van der Waals surface area contributed by atoms with E-state index in [4.69, 9.17) is 4.74 Å². The van der Waals surface area contributed by atoms with Crippen LogP contribution >= 0.6 is 0 Å². The average Bonchev–Trinajstić information content (AvgIpc) is 3.05. The smallest absolute Gasteiger partial charge is 0.230 e. The van der Waals surface area contributed by atoms with E-state index in [1.807, 2.05) is 14.0 Å². The number of nitrogens with zero attached hydrogens (tertiary/aromatic N) is 6. The van der Waals surface area contributed by atoms with Crippen molar-refractivity contribution in [1.29, 1.82) is 5.26 Å². The lowest BCUT2D eigenvalue weighted by Crippen LogP contribution is -2.43. The maximum Gasteiger partial charge on any atom is 0.230 e. The number of nitriles is 1. The SMILES string of the molecule is Cc1nn(C(C)(C)C#N)cc1Nc1nccc(OCC2(F)CCN(C)CC2)n1. The number of aryl methyl sites for hydroxylation is 1. The zero-order chi connectivity index (χ0) is 20.4. The fourth-order valence-electron chi connectivity index (χ4n) is 2.89. The molecule has 0 unspecified atom stereocenters. The second-order valence-corrected chi connectivity index (χ2v) is 7.83. The summed E-state index contributed by atoms with van der Waals surface area (Å²) in [5.74, 6) is 0.641. The van der Waals surface area contributed by atoms with Gasteiger partial charge in [0.05, 0.1) is 23.6 Å². The first-order chi connectivity index (χ1) is 13.2. The fourth-order valence-corrected chi connectivity index (χ4v) is 2.89. The largest absolute Gasteiger partial charge is 0.474 e. The molecule has 1 aliphatic rings. The van der Waals surface area contributed by atoms with Crippen molar-refractivity contribution < 1.29 is 9.13 Å². The first kappa shape index (κ1) is 20.0. The molecule has 0 aliphatic carbocycles. The zero-order valence-corrected chi connectivity index (χ0v) is 16.7. The van der Waals surface area contributed by atoms with Crippen LogP contribution in [0.3, 0.4) is 0 Å². The van der Waals surface area contributed by atoms with Gasteiger partial charge in [-0.15, -0.1) is 0 Å². The van der Waals surface area contributed by atoms with Crippen LogP contribution in [0.2, 0.25) is 0 Å². The molecule has 2 aromatic rings. The minimum Gasteiger partial charge on any atom is -0.474 e. The Kier molecular flexibility index (Phi) is 5.52. The summed E-state index contributed by atoms with van der Waals surface area (Å²) in [6, 6.07) is 3.82. The lowest BCUT2D eigenvalue weighted by molar-refractivity contribution is 0.0230. The highest BCUT2D eigenvalue weighted by molar-refractivity contribution is 5.55.